The molecular formula is C41H41N7O4. The monoisotopic (exact) mass is 695 g/mol. The van der Waals surface area contributed by atoms with E-state index in [2.05, 4.69) is 51.7 Å². The molecule has 4 N–H and O–H groups in total. The van der Waals surface area contributed by atoms with Crippen molar-refractivity contribution in [3.63, 3.8) is 0 Å². The SMILES string of the molecule is Cc1c(Nc2nccc3cc(CN4CC[C@@H](O)C4)cnc23)cccc1-c1cccc(-c2nc3cc(CNCC(C)(C)C(=O)O)cc(C#N)c3o2)c1C. The van der Waals surface area contributed by atoms with Gasteiger partial charge in [0.05, 0.1) is 17.1 Å². The van der Waals surface area contributed by atoms with Crippen LogP contribution in [0.1, 0.15) is 48.1 Å². The molecule has 3 aromatic heterocycles. The van der Waals surface area contributed by atoms with E-state index in [1.807, 2.05) is 49.5 Å². The second-order valence-electron chi connectivity index (χ2n) is 14.2. The highest BCUT2D eigenvalue weighted by molar-refractivity contribution is 5.91. The van der Waals surface area contributed by atoms with Crippen molar-refractivity contribution in [3.8, 4) is 28.7 Å². The molecular weight excluding hydrogens is 654 g/mol. The number of aromatic nitrogens is 3. The minimum Gasteiger partial charge on any atom is -0.481 e. The second-order valence-corrected chi connectivity index (χ2v) is 14.2. The molecule has 0 saturated carbocycles. The number of fused-ring (bicyclic) bond motifs is 2. The zero-order valence-electron chi connectivity index (χ0n) is 29.7. The average molecular weight is 696 g/mol. The quantitative estimate of drug-likeness (QED) is 0.109. The number of aliphatic hydroxyl groups excluding tert-OH is 1. The van der Waals surface area contributed by atoms with Gasteiger partial charge in [-0.3, -0.25) is 14.7 Å². The Hall–Kier alpha value is -5.67. The van der Waals surface area contributed by atoms with Crippen molar-refractivity contribution in [2.75, 3.05) is 25.0 Å². The number of aliphatic carboxylic acids is 1. The summed E-state index contributed by atoms with van der Waals surface area (Å²) in [6.07, 6.45) is 4.23. The van der Waals surface area contributed by atoms with Gasteiger partial charge >= 0.3 is 5.97 Å². The molecule has 264 valence electrons. The van der Waals surface area contributed by atoms with Crippen LogP contribution in [0.3, 0.4) is 0 Å². The number of carboxylic acid groups (broad SMARTS) is 1. The minimum atomic E-state index is -0.923. The Morgan fingerprint density at radius 3 is 2.56 bits per heavy atom. The average Bonchev–Trinajstić information content (AvgIpc) is 3.74. The number of likely N-dealkylation sites (tertiary alicyclic amines) is 1. The molecule has 6 aromatic rings. The van der Waals surface area contributed by atoms with Crippen molar-refractivity contribution in [1.82, 2.24) is 25.2 Å². The topological polar surface area (TPSA) is 160 Å². The molecule has 1 aliphatic rings. The molecule has 4 heterocycles. The van der Waals surface area contributed by atoms with E-state index in [-0.39, 0.29) is 12.6 Å². The summed E-state index contributed by atoms with van der Waals surface area (Å²) in [4.78, 5) is 28.0. The van der Waals surface area contributed by atoms with Crippen molar-refractivity contribution in [2.24, 2.45) is 5.41 Å². The van der Waals surface area contributed by atoms with Gasteiger partial charge in [0.1, 0.15) is 17.1 Å². The molecule has 0 aliphatic carbocycles. The van der Waals surface area contributed by atoms with Gasteiger partial charge in [0.2, 0.25) is 5.89 Å². The number of aliphatic hydroxyl groups is 1. The second kappa shape index (κ2) is 14.2. The smallest absolute Gasteiger partial charge is 0.310 e. The van der Waals surface area contributed by atoms with Crippen molar-refractivity contribution in [2.45, 2.75) is 53.3 Å². The molecule has 11 heteroatoms. The van der Waals surface area contributed by atoms with E-state index >= 15 is 0 Å². The van der Waals surface area contributed by atoms with Crippen LogP contribution in [0.5, 0.6) is 0 Å². The van der Waals surface area contributed by atoms with E-state index in [4.69, 9.17) is 14.4 Å². The highest BCUT2D eigenvalue weighted by Crippen LogP contribution is 2.37. The highest BCUT2D eigenvalue weighted by Gasteiger charge is 2.26. The lowest BCUT2D eigenvalue weighted by atomic mass is 9.93. The van der Waals surface area contributed by atoms with E-state index in [0.717, 1.165) is 75.0 Å². The summed E-state index contributed by atoms with van der Waals surface area (Å²) in [7, 11) is 0. The van der Waals surface area contributed by atoms with Gasteiger partial charge < -0.3 is 25.3 Å². The number of benzene rings is 3. The number of β-amino-alcohol motifs (C(OH)–C–C–N with tert-alkyl or cyclic N) is 1. The van der Waals surface area contributed by atoms with E-state index in [9.17, 15) is 20.3 Å². The first-order valence-electron chi connectivity index (χ1n) is 17.4. The number of hydrogen-bond donors (Lipinski definition) is 4. The molecule has 1 aliphatic heterocycles. The number of nitrogens with one attached hydrogen (secondary N) is 2. The minimum absolute atomic E-state index is 0.256. The third kappa shape index (κ3) is 6.96. The van der Waals surface area contributed by atoms with Crippen LogP contribution in [-0.2, 0) is 17.9 Å². The molecule has 0 bridgehead atoms. The molecule has 11 nitrogen and oxygen atoms in total. The zero-order chi connectivity index (χ0) is 36.6. The normalized spacial score (nSPS) is 15.0. The lowest BCUT2D eigenvalue weighted by molar-refractivity contribution is -0.146. The number of carbonyl (C=O) groups is 1. The van der Waals surface area contributed by atoms with E-state index in [0.29, 0.717) is 41.5 Å². The number of nitrogens with zero attached hydrogens (tertiary/aromatic N) is 5. The Bertz CT molecular complexity index is 2360. The number of nitriles is 1. The summed E-state index contributed by atoms with van der Waals surface area (Å²) in [5, 5.41) is 37.0. The third-order valence-corrected chi connectivity index (χ3v) is 9.90. The van der Waals surface area contributed by atoms with Crippen molar-refractivity contribution in [1.29, 1.82) is 5.26 Å². The van der Waals surface area contributed by atoms with Gasteiger partial charge in [-0.1, -0.05) is 24.3 Å². The highest BCUT2D eigenvalue weighted by atomic mass is 16.4. The molecule has 0 radical (unpaired) electrons. The van der Waals surface area contributed by atoms with Gasteiger partial charge in [-0.05, 0) is 104 Å². The fraction of sp³-hybridized carbons (Fsp3) is 0.293. The number of hydrogen-bond acceptors (Lipinski definition) is 10. The predicted molar refractivity (Wildman–Crippen MR) is 201 cm³/mol. The van der Waals surface area contributed by atoms with Crippen LogP contribution >= 0.6 is 0 Å². The maximum Gasteiger partial charge on any atom is 0.310 e. The van der Waals surface area contributed by atoms with Crippen LogP contribution in [0, 0.1) is 30.6 Å². The fourth-order valence-corrected chi connectivity index (χ4v) is 6.83. The predicted octanol–water partition coefficient (Wildman–Crippen LogP) is 7.10. The van der Waals surface area contributed by atoms with Crippen LogP contribution < -0.4 is 10.6 Å². The lowest BCUT2D eigenvalue weighted by Crippen LogP contribution is -2.35. The standard InChI is InChI=1S/C41H41N7O4/c1-24-31(7-5-9-33(24)39-47-35-17-26(15-29(18-42)37(35)52-39)19-43-23-41(3,4)40(50)51)32-8-6-10-34(25(32)2)46-38-36-28(11-13-44-38)16-27(20-45-36)21-48-14-12-30(49)22-48/h5-11,13,15-17,20,30,43,49H,12,14,19,21-23H2,1-4H3,(H,44,46)(H,50,51)/t30-/m1/s1. The summed E-state index contributed by atoms with van der Waals surface area (Å²) in [5.41, 5.74) is 8.93. The first-order chi connectivity index (χ1) is 25.0. The molecule has 0 unspecified atom stereocenters. The first kappa shape index (κ1) is 34.8. The lowest BCUT2D eigenvalue weighted by Gasteiger charge is -2.19. The van der Waals surface area contributed by atoms with Gasteiger partial charge in [0.15, 0.2) is 11.4 Å². The van der Waals surface area contributed by atoms with Gasteiger partial charge in [0.25, 0.3) is 0 Å². The molecule has 3 aromatic carbocycles. The zero-order valence-corrected chi connectivity index (χ0v) is 29.7. The van der Waals surface area contributed by atoms with Gasteiger partial charge in [-0.2, -0.15) is 5.26 Å². The van der Waals surface area contributed by atoms with Crippen molar-refractivity contribution in [3.05, 3.63) is 101 Å². The Labute approximate surface area is 302 Å². The van der Waals surface area contributed by atoms with Crippen LogP contribution in [0.4, 0.5) is 11.5 Å². The van der Waals surface area contributed by atoms with Crippen molar-refractivity contribution >= 4 is 39.5 Å². The first-order valence-corrected chi connectivity index (χ1v) is 17.4. The molecule has 1 fully saturated rings. The van der Waals surface area contributed by atoms with Crippen LogP contribution in [-0.4, -0.2) is 61.8 Å². The maximum atomic E-state index is 11.5. The molecule has 1 saturated heterocycles. The summed E-state index contributed by atoms with van der Waals surface area (Å²) in [6.45, 7) is 10.4. The maximum absolute atomic E-state index is 11.5. The summed E-state index contributed by atoms with van der Waals surface area (Å²) < 4.78 is 6.24. The number of anilines is 2. The Morgan fingerprint density at radius 1 is 1.04 bits per heavy atom. The fourth-order valence-electron chi connectivity index (χ4n) is 6.83. The summed E-state index contributed by atoms with van der Waals surface area (Å²) >= 11 is 0. The van der Waals surface area contributed by atoms with Crippen molar-refractivity contribution < 1.29 is 19.4 Å². The molecule has 7 rings (SSSR count). The summed E-state index contributed by atoms with van der Waals surface area (Å²) in [5.74, 6) is 0.210. The Kier molecular flexibility index (Phi) is 9.46. The van der Waals surface area contributed by atoms with Crippen LogP contribution in [0.2, 0.25) is 0 Å². The Morgan fingerprint density at radius 2 is 1.81 bits per heavy atom. The number of pyridine rings is 2. The van der Waals surface area contributed by atoms with E-state index in [1.54, 1.807) is 26.1 Å². The Balaban J connectivity index is 1.15. The van der Waals surface area contributed by atoms with Gasteiger partial charge in [-0.15, -0.1) is 0 Å². The molecule has 0 spiro atoms. The largest absolute Gasteiger partial charge is 0.481 e. The van der Waals surface area contributed by atoms with Gasteiger partial charge in [0, 0.05) is 61.8 Å². The number of rotatable bonds is 11. The van der Waals surface area contributed by atoms with E-state index in [1.165, 1.54) is 0 Å². The third-order valence-electron chi connectivity index (χ3n) is 9.90. The molecule has 0 amide bonds. The van der Waals surface area contributed by atoms with Gasteiger partial charge in [-0.25, -0.2) is 9.97 Å². The summed E-state index contributed by atoms with van der Waals surface area (Å²) in [6, 6.07) is 22.1. The van der Waals surface area contributed by atoms with E-state index < -0.39 is 11.4 Å². The van der Waals surface area contributed by atoms with Crippen LogP contribution in [0.25, 0.3) is 44.6 Å². The van der Waals surface area contributed by atoms with Crippen LogP contribution in [0.15, 0.2) is 77.5 Å². The molecule has 52 heavy (non-hydrogen) atoms. The number of oxazole rings is 1. The molecule has 1 atom stereocenters. The number of carboxylic acids is 1.